The first-order valence-corrected chi connectivity index (χ1v) is 9.56. The molecular weight excluding hydrogens is 376 g/mol. The molecule has 0 saturated heterocycles. The second-order valence-corrected chi connectivity index (χ2v) is 7.17. The van der Waals surface area contributed by atoms with E-state index >= 15 is 0 Å². The fraction of sp³-hybridized carbons (Fsp3) is 0.429. The number of carbonyl (C=O) groups is 2. The zero-order chi connectivity index (χ0) is 21.1. The van der Waals surface area contributed by atoms with Crippen molar-refractivity contribution in [3.05, 3.63) is 50.7 Å². The highest BCUT2D eigenvalue weighted by molar-refractivity contribution is 6.16. The third-order valence-electron chi connectivity index (χ3n) is 5.48. The van der Waals surface area contributed by atoms with Gasteiger partial charge in [-0.25, -0.2) is 4.79 Å². The molecule has 1 aromatic carbocycles. The summed E-state index contributed by atoms with van der Waals surface area (Å²) in [5, 5.41) is 11.3. The number of amides is 1. The topological polar surface area (TPSA) is 99.0 Å². The van der Waals surface area contributed by atoms with Crippen LogP contribution in [0, 0.1) is 10.1 Å². The van der Waals surface area contributed by atoms with Gasteiger partial charge in [-0.1, -0.05) is 25.3 Å². The maximum atomic E-state index is 13.2. The second-order valence-electron chi connectivity index (χ2n) is 7.17. The van der Waals surface area contributed by atoms with Gasteiger partial charge in [-0.2, -0.15) is 0 Å². The molecule has 0 radical (unpaired) electrons. The van der Waals surface area contributed by atoms with Crippen molar-refractivity contribution in [2.75, 3.05) is 14.2 Å². The van der Waals surface area contributed by atoms with Crippen molar-refractivity contribution in [3.8, 4) is 5.75 Å². The van der Waals surface area contributed by atoms with Crippen LogP contribution in [-0.2, 0) is 14.3 Å². The quantitative estimate of drug-likeness (QED) is 0.324. The van der Waals surface area contributed by atoms with E-state index in [1.165, 1.54) is 32.4 Å². The van der Waals surface area contributed by atoms with Gasteiger partial charge < -0.3 is 14.4 Å². The van der Waals surface area contributed by atoms with Crippen LogP contribution in [-0.4, -0.2) is 42.0 Å². The number of benzene rings is 1. The minimum absolute atomic E-state index is 0.0482. The van der Waals surface area contributed by atoms with Gasteiger partial charge in [0.1, 0.15) is 0 Å². The van der Waals surface area contributed by atoms with E-state index in [1.807, 2.05) is 0 Å². The highest BCUT2D eigenvalue weighted by atomic mass is 16.6. The Kier molecular flexibility index (Phi) is 6.00. The molecule has 29 heavy (non-hydrogen) atoms. The first-order valence-electron chi connectivity index (χ1n) is 9.56. The summed E-state index contributed by atoms with van der Waals surface area (Å²) < 4.78 is 9.93. The molecule has 1 amide bonds. The van der Waals surface area contributed by atoms with Gasteiger partial charge in [0, 0.05) is 17.8 Å². The number of hydrogen-bond acceptors (Lipinski definition) is 6. The average molecular weight is 400 g/mol. The average Bonchev–Trinajstić information content (AvgIpc) is 2.97. The summed E-state index contributed by atoms with van der Waals surface area (Å²) in [6.07, 6.45) is 6.51. The lowest BCUT2D eigenvalue weighted by atomic mass is 9.94. The molecule has 0 atom stereocenters. The van der Waals surface area contributed by atoms with Crippen molar-refractivity contribution in [1.82, 2.24) is 4.90 Å². The summed E-state index contributed by atoms with van der Waals surface area (Å²) in [6.45, 7) is 1.75. The van der Waals surface area contributed by atoms with Crippen LogP contribution in [0.25, 0.3) is 6.08 Å². The fourth-order valence-electron chi connectivity index (χ4n) is 4.08. The lowest BCUT2D eigenvalue weighted by Crippen LogP contribution is -2.37. The van der Waals surface area contributed by atoms with E-state index < -0.39 is 10.9 Å². The van der Waals surface area contributed by atoms with Crippen LogP contribution in [0.1, 0.15) is 44.6 Å². The minimum atomic E-state index is -0.594. The molecule has 1 saturated carbocycles. The van der Waals surface area contributed by atoms with Crippen molar-refractivity contribution in [3.63, 3.8) is 0 Å². The molecule has 0 N–H and O–H groups in total. The molecule has 1 aliphatic carbocycles. The SMILES string of the molecule is COC(=O)C1=C(C)N(C2CCCCC2)C(=O)/C1=C\c1ccc(OC)c([N+](=O)[O-])c1. The maximum Gasteiger partial charge on any atom is 0.340 e. The van der Waals surface area contributed by atoms with Gasteiger partial charge >= 0.3 is 11.7 Å². The summed E-state index contributed by atoms with van der Waals surface area (Å²) >= 11 is 0. The lowest BCUT2D eigenvalue weighted by Gasteiger charge is -2.32. The Labute approximate surface area is 168 Å². The number of hydrogen-bond donors (Lipinski definition) is 0. The number of rotatable bonds is 5. The van der Waals surface area contributed by atoms with Crippen molar-refractivity contribution in [1.29, 1.82) is 0 Å². The van der Waals surface area contributed by atoms with Crippen LogP contribution < -0.4 is 4.74 Å². The molecular formula is C21H24N2O6. The Balaban J connectivity index is 2.07. The molecule has 1 aliphatic heterocycles. The predicted octanol–water partition coefficient (Wildman–Crippen LogP) is 3.61. The number of nitro groups is 1. The van der Waals surface area contributed by atoms with Crippen molar-refractivity contribution >= 4 is 23.6 Å². The molecule has 0 unspecified atom stereocenters. The molecule has 2 aliphatic rings. The zero-order valence-electron chi connectivity index (χ0n) is 16.8. The van der Waals surface area contributed by atoms with Crippen LogP contribution in [0.15, 0.2) is 35.0 Å². The first-order chi connectivity index (χ1) is 13.9. The summed E-state index contributed by atoms with van der Waals surface area (Å²) in [5.74, 6) is -0.740. The van der Waals surface area contributed by atoms with Crippen molar-refractivity contribution in [2.24, 2.45) is 0 Å². The molecule has 1 heterocycles. The third kappa shape index (κ3) is 3.87. The van der Waals surface area contributed by atoms with Gasteiger partial charge in [-0.15, -0.1) is 0 Å². The minimum Gasteiger partial charge on any atom is -0.490 e. The van der Waals surface area contributed by atoms with Gasteiger partial charge in [0.2, 0.25) is 0 Å². The smallest absolute Gasteiger partial charge is 0.340 e. The van der Waals surface area contributed by atoms with Crippen molar-refractivity contribution in [2.45, 2.75) is 45.1 Å². The standard InChI is InChI=1S/C21H24N2O6/c1-13-19(21(25)29-3)16(20(24)22(13)15-7-5-4-6-8-15)11-14-9-10-18(28-2)17(12-14)23(26)27/h9-12,15H,4-8H2,1-3H3/b16-11-. The molecule has 0 aromatic heterocycles. The summed E-state index contributed by atoms with van der Waals surface area (Å²) in [5.41, 5.74) is 1.20. The maximum absolute atomic E-state index is 13.2. The van der Waals surface area contributed by atoms with Crippen LogP contribution >= 0.6 is 0 Å². The number of nitrogens with zero attached hydrogens (tertiary/aromatic N) is 2. The highest BCUT2D eigenvalue weighted by Crippen LogP contribution is 2.37. The van der Waals surface area contributed by atoms with E-state index in [-0.39, 0.29) is 34.5 Å². The van der Waals surface area contributed by atoms with E-state index in [2.05, 4.69) is 0 Å². The van der Waals surface area contributed by atoms with Crippen LogP contribution in [0.4, 0.5) is 5.69 Å². The Bertz CT molecular complexity index is 912. The number of allylic oxidation sites excluding steroid dienone is 1. The number of methoxy groups -OCH3 is 2. The number of ether oxygens (including phenoxy) is 2. The molecule has 8 nitrogen and oxygen atoms in total. The van der Waals surface area contributed by atoms with Gasteiger partial charge in [0.15, 0.2) is 5.75 Å². The summed E-state index contributed by atoms with van der Waals surface area (Å²) in [7, 11) is 2.62. The van der Waals surface area contributed by atoms with Crippen LogP contribution in [0.2, 0.25) is 0 Å². The Morgan fingerprint density at radius 2 is 1.93 bits per heavy atom. The Morgan fingerprint density at radius 3 is 2.52 bits per heavy atom. The highest BCUT2D eigenvalue weighted by Gasteiger charge is 2.40. The normalized spacial score (nSPS) is 19.1. The van der Waals surface area contributed by atoms with Crippen LogP contribution in [0.5, 0.6) is 5.75 Å². The van der Waals surface area contributed by atoms with E-state index in [4.69, 9.17) is 9.47 Å². The number of esters is 1. The second kappa shape index (κ2) is 8.46. The fourth-order valence-corrected chi connectivity index (χ4v) is 4.08. The van der Waals surface area contributed by atoms with E-state index in [9.17, 15) is 19.7 Å². The van der Waals surface area contributed by atoms with Gasteiger partial charge in [-0.3, -0.25) is 14.9 Å². The Morgan fingerprint density at radius 1 is 1.24 bits per heavy atom. The molecule has 3 rings (SSSR count). The number of nitro benzene ring substituents is 1. The van der Waals surface area contributed by atoms with Gasteiger partial charge in [0.05, 0.1) is 30.3 Å². The first kappa shape index (κ1) is 20.6. The summed E-state index contributed by atoms with van der Waals surface area (Å²) in [6, 6.07) is 4.45. The van der Waals surface area contributed by atoms with E-state index in [1.54, 1.807) is 17.9 Å². The zero-order valence-corrected chi connectivity index (χ0v) is 16.8. The lowest BCUT2D eigenvalue weighted by molar-refractivity contribution is -0.385. The van der Waals surface area contributed by atoms with Crippen LogP contribution in [0.3, 0.4) is 0 Å². The van der Waals surface area contributed by atoms with E-state index in [0.717, 1.165) is 32.1 Å². The number of carbonyl (C=O) groups excluding carboxylic acids is 2. The van der Waals surface area contributed by atoms with Crippen molar-refractivity contribution < 1.29 is 24.0 Å². The molecule has 1 fully saturated rings. The van der Waals surface area contributed by atoms with Gasteiger partial charge in [-0.05, 0) is 37.5 Å². The van der Waals surface area contributed by atoms with E-state index in [0.29, 0.717) is 11.3 Å². The monoisotopic (exact) mass is 400 g/mol. The Hall–Kier alpha value is -3.16. The molecule has 8 heteroatoms. The van der Waals surface area contributed by atoms with Gasteiger partial charge in [0.25, 0.3) is 5.91 Å². The summed E-state index contributed by atoms with van der Waals surface area (Å²) in [4.78, 5) is 38.1. The molecule has 154 valence electrons. The predicted molar refractivity (Wildman–Crippen MR) is 106 cm³/mol. The molecule has 0 spiro atoms. The molecule has 0 bridgehead atoms. The largest absolute Gasteiger partial charge is 0.490 e. The third-order valence-corrected chi connectivity index (χ3v) is 5.48. The molecule has 1 aromatic rings.